The Kier molecular flexibility index (Phi) is 5.29. The largest absolute Gasteiger partial charge is 0.488 e. The number of benzene rings is 3. The Balaban J connectivity index is 1.48. The van der Waals surface area contributed by atoms with Crippen molar-refractivity contribution in [3.05, 3.63) is 100 Å². The van der Waals surface area contributed by atoms with E-state index in [1.165, 1.54) is 0 Å². The molecule has 0 aliphatic carbocycles. The number of aromatic nitrogens is 3. The monoisotopic (exact) mass is 387 g/mol. The Bertz CT molecular complexity index is 1210. The molecule has 7 heteroatoms. The molecule has 0 saturated heterocycles. The zero-order valence-corrected chi connectivity index (χ0v) is 15.4. The summed E-state index contributed by atoms with van der Waals surface area (Å²) >= 11 is 0. The van der Waals surface area contributed by atoms with Crippen molar-refractivity contribution in [1.29, 1.82) is 0 Å². The van der Waals surface area contributed by atoms with Gasteiger partial charge in [-0.15, -0.1) is 5.10 Å². The molecular formula is C22H17N3O4. The summed E-state index contributed by atoms with van der Waals surface area (Å²) in [6, 6.07) is 23.3. The fourth-order valence-electron chi connectivity index (χ4n) is 2.80. The average molecular weight is 387 g/mol. The molecule has 0 aliphatic rings. The Morgan fingerprint density at radius 3 is 2.48 bits per heavy atom. The third-order valence-corrected chi connectivity index (χ3v) is 4.29. The van der Waals surface area contributed by atoms with Crippen molar-refractivity contribution in [2.45, 2.75) is 13.3 Å². The Morgan fingerprint density at radius 1 is 0.897 bits per heavy atom. The van der Waals surface area contributed by atoms with Crippen LogP contribution in [0.3, 0.4) is 0 Å². The smallest absolute Gasteiger partial charge is 0.343 e. The molecule has 0 spiro atoms. The van der Waals surface area contributed by atoms with Crippen molar-refractivity contribution in [3.63, 3.8) is 0 Å². The molecule has 4 rings (SSSR count). The molecule has 0 saturated carbocycles. The molecule has 0 aliphatic heterocycles. The molecular weight excluding hydrogens is 370 g/mol. The Morgan fingerprint density at radius 2 is 1.62 bits per heavy atom. The van der Waals surface area contributed by atoms with E-state index >= 15 is 0 Å². The summed E-state index contributed by atoms with van der Waals surface area (Å²) in [4.78, 5) is 25.0. The first-order chi connectivity index (χ1) is 14.2. The van der Waals surface area contributed by atoms with E-state index in [1.807, 2.05) is 30.3 Å². The van der Waals surface area contributed by atoms with Gasteiger partial charge in [-0.05, 0) is 29.8 Å². The Hall–Kier alpha value is -4.00. The van der Waals surface area contributed by atoms with Gasteiger partial charge in [-0.25, -0.2) is 4.79 Å². The zero-order valence-electron chi connectivity index (χ0n) is 15.4. The van der Waals surface area contributed by atoms with E-state index in [-0.39, 0.29) is 17.9 Å². The summed E-state index contributed by atoms with van der Waals surface area (Å²) in [6.45, 7) is -0.0245. The second-order valence-electron chi connectivity index (χ2n) is 6.24. The quantitative estimate of drug-likeness (QED) is 0.473. The van der Waals surface area contributed by atoms with E-state index in [0.29, 0.717) is 23.3 Å². The van der Waals surface area contributed by atoms with Crippen LogP contribution in [0.1, 0.15) is 15.9 Å². The molecule has 3 aromatic carbocycles. The van der Waals surface area contributed by atoms with Crippen LogP contribution in [0.15, 0.2) is 83.7 Å². The van der Waals surface area contributed by atoms with Gasteiger partial charge in [0.2, 0.25) is 0 Å². The number of carbonyl (C=O) groups is 1. The van der Waals surface area contributed by atoms with Gasteiger partial charge < -0.3 is 9.47 Å². The zero-order chi connectivity index (χ0) is 20.1. The molecule has 0 amide bonds. The summed E-state index contributed by atoms with van der Waals surface area (Å²) in [5.41, 5.74) is 1.36. The number of para-hydroxylation sites is 1. The number of hydrogen-bond acceptors (Lipinski definition) is 6. The van der Waals surface area contributed by atoms with E-state index in [1.54, 1.807) is 48.5 Å². The van der Waals surface area contributed by atoms with Gasteiger partial charge in [0.1, 0.15) is 23.4 Å². The minimum atomic E-state index is -0.615. The molecule has 0 unspecified atom stereocenters. The molecule has 0 N–H and O–H groups in total. The maximum atomic E-state index is 12.6. The van der Waals surface area contributed by atoms with Crippen LogP contribution in [0.2, 0.25) is 0 Å². The van der Waals surface area contributed by atoms with Gasteiger partial charge in [-0.3, -0.25) is 4.79 Å². The summed E-state index contributed by atoms with van der Waals surface area (Å²) in [5, 5.41) is 8.19. The van der Waals surface area contributed by atoms with Crippen LogP contribution in [0.4, 0.5) is 0 Å². The minimum Gasteiger partial charge on any atom is -0.488 e. The normalized spacial score (nSPS) is 10.6. The standard InChI is InChI=1S/C22H17N3O4/c26-21-17-10-4-6-12-19(17)23-24-25(21)15-29-22(27)18-11-5-7-13-20(18)28-14-16-8-2-1-3-9-16/h1-13H,14-15H2. The highest BCUT2D eigenvalue weighted by atomic mass is 16.5. The lowest BCUT2D eigenvalue weighted by atomic mass is 10.2. The second kappa shape index (κ2) is 8.35. The second-order valence-corrected chi connectivity index (χ2v) is 6.24. The molecule has 0 bridgehead atoms. The third kappa shape index (κ3) is 4.14. The van der Waals surface area contributed by atoms with Crippen LogP contribution in [-0.4, -0.2) is 21.0 Å². The Labute approximate surface area is 166 Å². The average Bonchev–Trinajstić information content (AvgIpc) is 2.78. The molecule has 0 fully saturated rings. The van der Waals surface area contributed by atoms with Crippen molar-refractivity contribution in [3.8, 4) is 5.75 Å². The molecule has 4 aromatic rings. The van der Waals surface area contributed by atoms with Gasteiger partial charge in [0.25, 0.3) is 5.56 Å². The lowest BCUT2D eigenvalue weighted by Gasteiger charge is -2.11. The van der Waals surface area contributed by atoms with Crippen LogP contribution in [0.25, 0.3) is 10.9 Å². The van der Waals surface area contributed by atoms with Gasteiger partial charge in [-0.1, -0.05) is 59.8 Å². The van der Waals surface area contributed by atoms with E-state index in [0.717, 1.165) is 10.2 Å². The lowest BCUT2D eigenvalue weighted by molar-refractivity contribution is 0.0331. The maximum Gasteiger partial charge on any atom is 0.343 e. The first-order valence-corrected chi connectivity index (χ1v) is 8.98. The predicted molar refractivity (Wildman–Crippen MR) is 106 cm³/mol. The summed E-state index contributed by atoms with van der Waals surface area (Å²) in [6.07, 6.45) is 0. The highest BCUT2D eigenvalue weighted by molar-refractivity contribution is 5.92. The van der Waals surface area contributed by atoms with Gasteiger partial charge >= 0.3 is 5.97 Å². The van der Waals surface area contributed by atoms with Crippen LogP contribution in [-0.2, 0) is 18.1 Å². The van der Waals surface area contributed by atoms with Gasteiger partial charge in [0, 0.05) is 0 Å². The fraction of sp³-hybridized carbons (Fsp3) is 0.0909. The first-order valence-electron chi connectivity index (χ1n) is 8.98. The van der Waals surface area contributed by atoms with Crippen molar-refractivity contribution in [2.24, 2.45) is 0 Å². The van der Waals surface area contributed by atoms with Crippen LogP contribution in [0.5, 0.6) is 5.75 Å². The van der Waals surface area contributed by atoms with E-state index in [9.17, 15) is 9.59 Å². The molecule has 7 nitrogen and oxygen atoms in total. The topological polar surface area (TPSA) is 83.3 Å². The molecule has 144 valence electrons. The van der Waals surface area contributed by atoms with Gasteiger partial charge in [0.05, 0.1) is 5.39 Å². The molecule has 0 atom stereocenters. The summed E-state index contributed by atoms with van der Waals surface area (Å²) < 4.78 is 12.1. The van der Waals surface area contributed by atoms with Crippen LogP contribution >= 0.6 is 0 Å². The number of ether oxygens (including phenoxy) is 2. The molecule has 1 heterocycles. The van der Waals surface area contributed by atoms with Gasteiger partial charge in [0.15, 0.2) is 6.73 Å². The van der Waals surface area contributed by atoms with Crippen molar-refractivity contribution in [1.82, 2.24) is 15.0 Å². The number of esters is 1. The van der Waals surface area contributed by atoms with Crippen LogP contribution < -0.4 is 10.3 Å². The van der Waals surface area contributed by atoms with Crippen molar-refractivity contribution < 1.29 is 14.3 Å². The first kappa shape index (κ1) is 18.4. The molecule has 1 aromatic heterocycles. The third-order valence-electron chi connectivity index (χ3n) is 4.29. The van der Waals surface area contributed by atoms with Crippen molar-refractivity contribution >= 4 is 16.9 Å². The maximum absolute atomic E-state index is 12.6. The number of rotatable bonds is 6. The van der Waals surface area contributed by atoms with E-state index in [2.05, 4.69) is 10.3 Å². The van der Waals surface area contributed by atoms with E-state index in [4.69, 9.17) is 9.47 Å². The SMILES string of the molecule is O=C(OCn1nnc2ccccc2c1=O)c1ccccc1OCc1ccccc1. The minimum absolute atomic E-state index is 0.269. The van der Waals surface area contributed by atoms with Gasteiger partial charge in [-0.2, -0.15) is 4.68 Å². The highest BCUT2D eigenvalue weighted by Gasteiger charge is 2.15. The number of fused-ring (bicyclic) bond motifs is 1. The molecule has 29 heavy (non-hydrogen) atoms. The van der Waals surface area contributed by atoms with Crippen molar-refractivity contribution in [2.75, 3.05) is 0 Å². The number of hydrogen-bond donors (Lipinski definition) is 0. The number of carbonyl (C=O) groups excluding carboxylic acids is 1. The predicted octanol–water partition coefficient (Wildman–Crippen LogP) is 3.19. The number of nitrogens with zero attached hydrogens (tertiary/aromatic N) is 3. The molecule has 0 radical (unpaired) electrons. The highest BCUT2D eigenvalue weighted by Crippen LogP contribution is 2.20. The lowest BCUT2D eigenvalue weighted by Crippen LogP contribution is -2.26. The van der Waals surface area contributed by atoms with E-state index < -0.39 is 5.97 Å². The fourth-order valence-corrected chi connectivity index (χ4v) is 2.80. The summed E-state index contributed by atoms with van der Waals surface area (Å²) in [7, 11) is 0. The summed E-state index contributed by atoms with van der Waals surface area (Å²) in [5.74, 6) is -0.214. The van der Waals surface area contributed by atoms with Crippen LogP contribution in [0, 0.1) is 0 Å².